The molecule has 0 amide bonds. The summed E-state index contributed by atoms with van der Waals surface area (Å²) in [6, 6.07) is 0.971. The Hall–Kier alpha value is -2.16. The van der Waals surface area contributed by atoms with E-state index < -0.39 is 23.0 Å². The number of nitrogens with zero attached hydrogens (tertiary/aromatic N) is 1. The lowest BCUT2D eigenvalue weighted by molar-refractivity contribution is -0.136. The molecule has 0 aromatic carbocycles. The van der Waals surface area contributed by atoms with Crippen LogP contribution in [0.5, 0.6) is 0 Å². The first-order valence-corrected chi connectivity index (χ1v) is 7.17. The second-order valence-corrected chi connectivity index (χ2v) is 6.14. The number of hydrogen-bond donors (Lipinski definition) is 2. The SMILES string of the molecule is CC(C)c1cc(C(F)(F)F)c2c(n1)sc1c(=O)[nH]c(=O)[nH]c12. The molecule has 0 saturated heterocycles. The fraction of sp³-hybridized carbons (Fsp3) is 0.308. The number of hydrogen-bond acceptors (Lipinski definition) is 4. The van der Waals surface area contributed by atoms with Gasteiger partial charge in [0.1, 0.15) is 9.53 Å². The highest BCUT2D eigenvalue weighted by Gasteiger charge is 2.35. The summed E-state index contributed by atoms with van der Waals surface area (Å²) in [6.45, 7) is 3.46. The lowest BCUT2D eigenvalue weighted by Crippen LogP contribution is -2.21. The van der Waals surface area contributed by atoms with Crippen LogP contribution in [0.3, 0.4) is 0 Å². The quantitative estimate of drug-likeness (QED) is 0.720. The summed E-state index contributed by atoms with van der Waals surface area (Å²) in [5, 5.41) is -0.236. The Kier molecular flexibility index (Phi) is 3.13. The molecule has 3 heterocycles. The van der Waals surface area contributed by atoms with Crippen molar-refractivity contribution in [3.63, 3.8) is 0 Å². The predicted octanol–water partition coefficient (Wildman–Crippen LogP) is 2.97. The van der Waals surface area contributed by atoms with E-state index in [4.69, 9.17) is 0 Å². The molecule has 116 valence electrons. The molecule has 3 aromatic rings. The van der Waals surface area contributed by atoms with E-state index in [0.717, 1.165) is 17.4 Å². The monoisotopic (exact) mass is 329 g/mol. The number of nitrogens with one attached hydrogen (secondary N) is 2. The predicted molar refractivity (Wildman–Crippen MR) is 77.5 cm³/mol. The van der Waals surface area contributed by atoms with Gasteiger partial charge in [-0.25, -0.2) is 9.78 Å². The van der Waals surface area contributed by atoms with Crippen molar-refractivity contribution in [1.29, 1.82) is 0 Å². The van der Waals surface area contributed by atoms with E-state index >= 15 is 0 Å². The fourth-order valence-electron chi connectivity index (χ4n) is 2.22. The van der Waals surface area contributed by atoms with E-state index in [0.29, 0.717) is 0 Å². The van der Waals surface area contributed by atoms with Crippen LogP contribution in [0.1, 0.15) is 31.0 Å². The van der Waals surface area contributed by atoms with Gasteiger partial charge in [0.25, 0.3) is 5.56 Å². The summed E-state index contributed by atoms with van der Waals surface area (Å²) in [4.78, 5) is 31.7. The van der Waals surface area contributed by atoms with Crippen molar-refractivity contribution in [2.45, 2.75) is 25.9 Å². The molecule has 3 rings (SSSR count). The topological polar surface area (TPSA) is 78.6 Å². The van der Waals surface area contributed by atoms with E-state index in [1.807, 2.05) is 4.98 Å². The molecule has 0 atom stereocenters. The van der Waals surface area contributed by atoms with Gasteiger partial charge >= 0.3 is 11.9 Å². The molecule has 0 spiro atoms. The summed E-state index contributed by atoms with van der Waals surface area (Å²) in [5.41, 5.74) is -2.30. The molecule has 22 heavy (non-hydrogen) atoms. The number of pyridine rings is 1. The molecule has 5 nitrogen and oxygen atoms in total. The molecular formula is C13H10F3N3O2S. The highest BCUT2D eigenvalue weighted by atomic mass is 32.1. The Morgan fingerprint density at radius 2 is 1.91 bits per heavy atom. The van der Waals surface area contributed by atoms with Crippen LogP contribution in [0.4, 0.5) is 13.2 Å². The maximum absolute atomic E-state index is 13.4. The van der Waals surface area contributed by atoms with Crippen LogP contribution in [-0.2, 0) is 6.18 Å². The number of H-pyrrole nitrogens is 2. The van der Waals surface area contributed by atoms with Crippen molar-refractivity contribution in [2.75, 3.05) is 0 Å². The zero-order chi connectivity index (χ0) is 16.2. The van der Waals surface area contributed by atoms with Crippen LogP contribution in [0, 0.1) is 0 Å². The number of thiophene rings is 1. The molecular weight excluding hydrogens is 319 g/mol. The normalized spacial score (nSPS) is 12.6. The number of rotatable bonds is 1. The molecule has 9 heteroatoms. The van der Waals surface area contributed by atoms with Gasteiger partial charge in [-0.15, -0.1) is 11.3 Å². The summed E-state index contributed by atoms with van der Waals surface area (Å²) in [5.74, 6) is -0.201. The third-order valence-corrected chi connectivity index (χ3v) is 4.33. The van der Waals surface area contributed by atoms with E-state index in [1.165, 1.54) is 0 Å². The third-order valence-electron chi connectivity index (χ3n) is 3.25. The number of aromatic nitrogens is 3. The molecule has 0 unspecified atom stereocenters. The standard InChI is InChI=1S/C13H10F3N3O2S/c1-4(2)6-3-5(13(14,15)16)7-8-9(22-11(7)17-6)10(20)19-12(21)18-8/h3-4H,1-2H3,(H2,18,19,20,21). The molecule has 2 N–H and O–H groups in total. The highest BCUT2D eigenvalue weighted by molar-refractivity contribution is 7.25. The van der Waals surface area contributed by atoms with Crippen molar-refractivity contribution < 1.29 is 13.2 Å². The van der Waals surface area contributed by atoms with E-state index in [1.54, 1.807) is 13.8 Å². The maximum atomic E-state index is 13.4. The number of aromatic amines is 2. The van der Waals surface area contributed by atoms with Crippen LogP contribution in [0.2, 0.25) is 0 Å². The Bertz CT molecular complexity index is 998. The van der Waals surface area contributed by atoms with Crippen molar-refractivity contribution in [2.24, 2.45) is 0 Å². The first kappa shape index (κ1) is 14.8. The van der Waals surface area contributed by atoms with Gasteiger partial charge in [-0.05, 0) is 12.0 Å². The molecule has 0 saturated carbocycles. The minimum atomic E-state index is -4.61. The van der Waals surface area contributed by atoms with Crippen LogP contribution in [0.15, 0.2) is 15.7 Å². The lowest BCUT2D eigenvalue weighted by Gasteiger charge is -2.12. The van der Waals surface area contributed by atoms with Gasteiger partial charge in [0.15, 0.2) is 0 Å². The van der Waals surface area contributed by atoms with Gasteiger partial charge in [0.05, 0.1) is 11.1 Å². The van der Waals surface area contributed by atoms with Gasteiger partial charge in [-0.3, -0.25) is 9.78 Å². The van der Waals surface area contributed by atoms with Crippen LogP contribution >= 0.6 is 11.3 Å². The zero-order valence-corrected chi connectivity index (χ0v) is 12.3. The summed E-state index contributed by atoms with van der Waals surface area (Å²) < 4.78 is 40.1. The van der Waals surface area contributed by atoms with Gasteiger partial charge < -0.3 is 4.98 Å². The summed E-state index contributed by atoms with van der Waals surface area (Å²) >= 11 is 0.834. The van der Waals surface area contributed by atoms with Gasteiger partial charge in [0, 0.05) is 11.1 Å². The van der Waals surface area contributed by atoms with Crippen molar-refractivity contribution in [3.05, 3.63) is 38.2 Å². The summed E-state index contributed by atoms with van der Waals surface area (Å²) in [6.07, 6.45) is -4.61. The van der Waals surface area contributed by atoms with Crippen LogP contribution in [-0.4, -0.2) is 15.0 Å². The Balaban J connectivity index is 2.58. The minimum absolute atomic E-state index is 0.0218. The second kappa shape index (κ2) is 4.67. The van der Waals surface area contributed by atoms with Crippen LogP contribution in [0.25, 0.3) is 20.4 Å². The van der Waals surface area contributed by atoms with Gasteiger partial charge in [0.2, 0.25) is 0 Å². The fourth-order valence-corrected chi connectivity index (χ4v) is 3.28. The van der Waals surface area contributed by atoms with Crippen molar-refractivity contribution in [1.82, 2.24) is 15.0 Å². The average Bonchev–Trinajstić information content (AvgIpc) is 2.75. The highest BCUT2D eigenvalue weighted by Crippen LogP contribution is 2.40. The Labute approximate surface area is 124 Å². The molecule has 0 aliphatic rings. The molecule has 0 fully saturated rings. The minimum Gasteiger partial charge on any atom is -0.305 e. The largest absolute Gasteiger partial charge is 0.417 e. The maximum Gasteiger partial charge on any atom is 0.417 e. The number of fused-ring (bicyclic) bond motifs is 3. The number of alkyl halides is 3. The first-order valence-electron chi connectivity index (χ1n) is 6.35. The van der Waals surface area contributed by atoms with Crippen molar-refractivity contribution >= 4 is 31.8 Å². The molecule has 0 aliphatic heterocycles. The number of halogens is 3. The van der Waals surface area contributed by atoms with Gasteiger partial charge in [-0.1, -0.05) is 13.8 Å². The molecule has 3 aromatic heterocycles. The smallest absolute Gasteiger partial charge is 0.305 e. The average molecular weight is 329 g/mol. The molecule has 0 bridgehead atoms. The van der Waals surface area contributed by atoms with Crippen molar-refractivity contribution in [3.8, 4) is 0 Å². The van der Waals surface area contributed by atoms with Crippen LogP contribution < -0.4 is 11.2 Å². The summed E-state index contributed by atoms with van der Waals surface area (Å²) in [7, 11) is 0. The zero-order valence-electron chi connectivity index (χ0n) is 11.5. The Morgan fingerprint density at radius 3 is 2.50 bits per heavy atom. The Morgan fingerprint density at radius 1 is 1.23 bits per heavy atom. The first-order chi connectivity index (χ1) is 10.2. The van der Waals surface area contributed by atoms with Gasteiger partial charge in [-0.2, -0.15) is 13.2 Å². The third kappa shape index (κ3) is 2.21. The van der Waals surface area contributed by atoms with E-state index in [-0.39, 0.29) is 32.0 Å². The second-order valence-electron chi connectivity index (χ2n) is 5.14. The molecule has 0 aliphatic carbocycles. The van der Waals surface area contributed by atoms with E-state index in [2.05, 4.69) is 9.97 Å². The van der Waals surface area contributed by atoms with E-state index in [9.17, 15) is 22.8 Å². The lowest BCUT2D eigenvalue weighted by atomic mass is 10.0. The molecule has 0 radical (unpaired) electrons.